The molecule has 0 amide bonds. The molecular weight excluding hydrogens is 172 g/mol. The molecule has 0 radical (unpaired) electrons. The molecule has 0 atom stereocenters. The number of rotatable bonds is 1. The lowest BCUT2D eigenvalue weighted by Gasteiger charge is -2.05. The smallest absolute Gasteiger partial charge is 0.131 e. The van der Waals surface area contributed by atoms with E-state index in [9.17, 15) is 0 Å². The number of hydrogen-bond donors (Lipinski definition) is 1. The normalized spacial score (nSPS) is 10.1. The molecule has 0 bridgehead atoms. The van der Waals surface area contributed by atoms with E-state index in [2.05, 4.69) is 4.98 Å². The molecule has 0 fully saturated rings. The number of anilines is 1. The molecule has 0 spiro atoms. The van der Waals surface area contributed by atoms with Gasteiger partial charge >= 0.3 is 0 Å². The molecule has 0 unspecified atom stereocenters. The molecule has 70 valence electrons. The first-order chi connectivity index (χ1) is 6.77. The lowest BCUT2D eigenvalue weighted by atomic mass is 10.1. The Hall–Kier alpha value is -1.83. The van der Waals surface area contributed by atoms with E-state index in [1.807, 2.05) is 49.4 Å². The van der Waals surface area contributed by atoms with Gasteiger partial charge in [-0.05, 0) is 24.6 Å². The minimum atomic E-state index is 0.594. The second-order valence-corrected chi connectivity index (χ2v) is 3.25. The summed E-state index contributed by atoms with van der Waals surface area (Å²) in [5.41, 5.74) is 8.89. The van der Waals surface area contributed by atoms with E-state index < -0.39 is 0 Å². The van der Waals surface area contributed by atoms with E-state index >= 15 is 0 Å². The van der Waals surface area contributed by atoms with Gasteiger partial charge in [0, 0.05) is 11.3 Å². The number of nitrogen functional groups attached to an aromatic ring is 1. The number of aryl methyl sites for hydroxylation is 1. The van der Waals surface area contributed by atoms with Crippen molar-refractivity contribution in [1.29, 1.82) is 0 Å². The number of pyridine rings is 1. The molecule has 0 aliphatic heterocycles. The Morgan fingerprint density at radius 3 is 2.36 bits per heavy atom. The van der Waals surface area contributed by atoms with E-state index in [1.54, 1.807) is 0 Å². The van der Waals surface area contributed by atoms with Gasteiger partial charge < -0.3 is 5.73 Å². The fourth-order valence-corrected chi connectivity index (χ4v) is 1.44. The van der Waals surface area contributed by atoms with Gasteiger partial charge in [-0.15, -0.1) is 0 Å². The van der Waals surface area contributed by atoms with Gasteiger partial charge in [-0.1, -0.05) is 30.3 Å². The SMILES string of the molecule is Cc1ccc(-c2ccccc2)c(N)n1. The maximum absolute atomic E-state index is 5.84. The summed E-state index contributed by atoms with van der Waals surface area (Å²) < 4.78 is 0. The summed E-state index contributed by atoms with van der Waals surface area (Å²) >= 11 is 0. The molecule has 2 N–H and O–H groups in total. The van der Waals surface area contributed by atoms with Gasteiger partial charge in [-0.2, -0.15) is 0 Å². The molecule has 1 aromatic heterocycles. The summed E-state index contributed by atoms with van der Waals surface area (Å²) in [5, 5.41) is 0. The molecule has 2 aromatic rings. The highest BCUT2D eigenvalue weighted by molar-refractivity contribution is 5.73. The first-order valence-electron chi connectivity index (χ1n) is 4.56. The van der Waals surface area contributed by atoms with Crippen LogP contribution in [-0.2, 0) is 0 Å². The molecule has 1 heterocycles. The molecular formula is C12H12N2. The molecule has 2 heteroatoms. The maximum atomic E-state index is 5.84. The predicted molar refractivity (Wildman–Crippen MR) is 58.8 cm³/mol. The van der Waals surface area contributed by atoms with Crippen molar-refractivity contribution in [2.24, 2.45) is 0 Å². The fourth-order valence-electron chi connectivity index (χ4n) is 1.44. The average molecular weight is 184 g/mol. The number of aromatic nitrogens is 1. The first kappa shape index (κ1) is 8.75. The zero-order chi connectivity index (χ0) is 9.97. The van der Waals surface area contributed by atoms with Gasteiger partial charge in [-0.25, -0.2) is 4.98 Å². The van der Waals surface area contributed by atoms with Crippen LogP contribution in [0.4, 0.5) is 5.82 Å². The molecule has 2 rings (SSSR count). The summed E-state index contributed by atoms with van der Waals surface area (Å²) in [4.78, 5) is 4.23. The van der Waals surface area contributed by atoms with Crippen molar-refractivity contribution in [2.45, 2.75) is 6.92 Å². The lowest BCUT2D eigenvalue weighted by Crippen LogP contribution is -1.95. The topological polar surface area (TPSA) is 38.9 Å². The highest BCUT2D eigenvalue weighted by atomic mass is 14.8. The van der Waals surface area contributed by atoms with Crippen molar-refractivity contribution >= 4 is 5.82 Å². The van der Waals surface area contributed by atoms with Crippen LogP contribution in [0.3, 0.4) is 0 Å². The van der Waals surface area contributed by atoms with Crippen molar-refractivity contribution in [1.82, 2.24) is 4.98 Å². The van der Waals surface area contributed by atoms with Gasteiger partial charge in [0.2, 0.25) is 0 Å². The summed E-state index contributed by atoms with van der Waals surface area (Å²) in [6.07, 6.45) is 0. The molecule has 0 saturated heterocycles. The van der Waals surface area contributed by atoms with Crippen LogP contribution in [0.2, 0.25) is 0 Å². The van der Waals surface area contributed by atoms with E-state index in [0.29, 0.717) is 5.82 Å². The third-order valence-electron chi connectivity index (χ3n) is 2.15. The number of nitrogens with zero attached hydrogens (tertiary/aromatic N) is 1. The van der Waals surface area contributed by atoms with Crippen molar-refractivity contribution in [2.75, 3.05) is 5.73 Å². The summed E-state index contributed by atoms with van der Waals surface area (Å²) in [6.45, 7) is 1.94. The van der Waals surface area contributed by atoms with Crippen LogP contribution in [0, 0.1) is 6.92 Å². The van der Waals surface area contributed by atoms with Crippen LogP contribution in [0.5, 0.6) is 0 Å². The average Bonchev–Trinajstić information content (AvgIpc) is 2.19. The molecule has 0 aliphatic rings. The minimum absolute atomic E-state index is 0.594. The van der Waals surface area contributed by atoms with Crippen LogP contribution in [0.1, 0.15) is 5.69 Å². The monoisotopic (exact) mass is 184 g/mol. The van der Waals surface area contributed by atoms with E-state index in [0.717, 1.165) is 16.8 Å². The van der Waals surface area contributed by atoms with E-state index in [4.69, 9.17) is 5.73 Å². The zero-order valence-corrected chi connectivity index (χ0v) is 8.07. The largest absolute Gasteiger partial charge is 0.383 e. The standard InChI is InChI=1S/C12H12N2/c1-9-7-8-11(12(13)14-9)10-5-3-2-4-6-10/h2-8H,1H3,(H2,13,14). The van der Waals surface area contributed by atoms with Crippen LogP contribution < -0.4 is 5.73 Å². The highest BCUT2D eigenvalue weighted by Gasteiger charge is 2.02. The quantitative estimate of drug-likeness (QED) is 0.740. The summed E-state index contributed by atoms with van der Waals surface area (Å²) in [6, 6.07) is 14.0. The van der Waals surface area contributed by atoms with Crippen molar-refractivity contribution in [3.63, 3.8) is 0 Å². The predicted octanol–water partition coefficient (Wildman–Crippen LogP) is 2.64. The molecule has 0 saturated carbocycles. The zero-order valence-electron chi connectivity index (χ0n) is 8.07. The Labute approximate surface area is 83.4 Å². The summed E-state index contributed by atoms with van der Waals surface area (Å²) in [5.74, 6) is 0.594. The number of nitrogens with two attached hydrogens (primary N) is 1. The van der Waals surface area contributed by atoms with Gasteiger partial charge in [0.15, 0.2) is 0 Å². The Kier molecular flexibility index (Phi) is 2.19. The second kappa shape index (κ2) is 3.50. The van der Waals surface area contributed by atoms with Gasteiger partial charge in [0.1, 0.15) is 5.82 Å². The third kappa shape index (κ3) is 1.59. The third-order valence-corrected chi connectivity index (χ3v) is 2.15. The van der Waals surface area contributed by atoms with E-state index in [-0.39, 0.29) is 0 Å². The molecule has 2 nitrogen and oxygen atoms in total. The lowest BCUT2D eigenvalue weighted by molar-refractivity contribution is 1.21. The molecule has 14 heavy (non-hydrogen) atoms. The maximum Gasteiger partial charge on any atom is 0.131 e. The number of hydrogen-bond acceptors (Lipinski definition) is 2. The van der Waals surface area contributed by atoms with Crippen LogP contribution >= 0.6 is 0 Å². The molecule has 0 aliphatic carbocycles. The highest BCUT2D eigenvalue weighted by Crippen LogP contribution is 2.23. The minimum Gasteiger partial charge on any atom is -0.383 e. The Morgan fingerprint density at radius 2 is 1.71 bits per heavy atom. The molecule has 1 aromatic carbocycles. The van der Waals surface area contributed by atoms with Gasteiger partial charge in [-0.3, -0.25) is 0 Å². The fraction of sp³-hybridized carbons (Fsp3) is 0.0833. The van der Waals surface area contributed by atoms with Crippen molar-refractivity contribution in [3.05, 3.63) is 48.2 Å². The Bertz CT molecular complexity index is 435. The Morgan fingerprint density at radius 1 is 1.00 bits per heavy atom. The van der Waals surface area contributed by atoms with Gasteiger partial charge in [0.05, 0.1) is 0 Å². The first-order valence-corrected chi connectivity index (χ1v) is 4.56. The number of benzene rings is 1. The van der Waals surface area contributed by atoms with Crippen LogP contribution in [0.25, 0.3) is 11.1 Å². The Balaban J connectivity index is 2.53. The van der Waals surface area contributed by atoms with Crippen molar-refractivity contribution in [3.8, 4) is 11.1 Å². The summed E-state index contributed by atoms with van der Waals surface area (Å²) in [7, 11) is 0. The van der Waals surface area contributed by atoms with Gasteiger partial charge in [0.25, 0.3) is 0 Å². The van der Waals surface area contributed by atoms with Crippen LogP contribution in [0.15, 0.2) is 42.5 Å². The van der Waals surface area contributed by atoms with E-state index in [1.165, 1.54) is 0 Å². The second-order valence-electron chi connectivity index (χ2n) is 3.25. The van der Waals surface area contributed by atoms with Crippen LogP contribution in [-0.4, -0.2) is 4.98 Å². The van der Waals surface area contributed by atoms with Crippen molar-refractivity contribution < 1.29 is 0 Å².